The van der Waals surface area contributed by atoms with Gasteiger partial charge in [-0.25, -0.2) is 12.8 Å². The molecule has 1 amide bonds. The number of rotatable bonds is 9. The monoisotopic (exact) mass is 527 g/mol. The number of nitrogens with zero attached hydrogens (tertiary/aromatic N) is 3. The molecule has 37 heavy (non-hydrogen) atoms. The Labute approximate surface area is 216 Å². The van der Waals surface area contributed by atoms with Crippen LogP contribution >= 0.6 is 0 Å². The summed E-state index contributed by atoms with van der Waals surface area (Å²) in [6.07, 6.45) is 0. The highest BCUT2D eigenvalue weighted by atomic mass is 32.2. The van der Waals surface area contributed by atoms with Crippen molar-refractivity contribution >= 4 is 27.3 Å². The van der Waals surface area contributed by atoms with Crippen LogP contribution in [0.3, 0.4) is 0 Å². The molecule has 1 aliphatic heterocycles. The summed E-state index contributed by atoms with van der Waals surface area (Å²) in [5.74, 6) is 0.462. The van der Waals surface area contributed by atoms with Crippen LogP contribution in [-0.4, -0.2) is 65.7 Å². The molecule has 0 atom stereocenters. The minimum absolute atomic E-state index is 0.00840. The zero-order valence-corrected chi connectivity index (χ0v) is 21.7. The third-order valence-corrected chi connectivity index (χ3v) is 7.96. The van der Waals surface area contributed by atoms with Gasteiger partial charge in [0.25, 0.3) is 10.0 Å². The number of amides is 1. The maximum Gasteiger partial charge on any atom is 0.264 e. The average Bonchev–Trinajstić information content (AvgIpc) is 2.92. The molecule has 8 nitrogen and oxygen atoms in total. The van der Waals surface area contributed by atoms with Gasteiger partial charge in [0.05, 0.1) is 30.0 Å². The van der Waals surface area contributed by atoms with E-state index in [-0.39, 0.29) is 16.5 Å². The Bertz CT molecular complexity index is 1310. The molecule has 3 aromatic rings. The third-order valence-electron chi connectivity index (χ3n) is 6.17. The number of piperazine rings is 1. The number of anilines is 2. The topological polar surface area (TPSA) is 79.4 Å². The van der Waals surface area contributed by atoms with Gasteiger partial charge >= 0.3 is 0 Å². The Morgan fingerprint density at radius 2 is 1.59 bits per heavy atom. The second kappa shape index (κ2) is 11.5. The quantitative estimate of drug-likeness (QED) is 0.422. The maximum absolute atomic E-state index is 13.6. The molecule has 0 N–H and O–H groups in total. The van der Waals surface area contributed by atoms with Gasteiger partial charge in [-0.3, -0.25) is 9.10 Å². The number of ether oxygens (including phenoxy) is 2. The lowest BCUT2D eigenvalue weighted by Gasteiger charge is -2.37. The Kier molecular flexibility index (Phi) is 8.17. The Morgan fingerprint density at radius 3 is 2.22 bits per heavy atom. The van der Waals surface area contributed by atoms with E-state index in [1.165, 1.54) is 36.4 Å². The lowest BCUT2D eigenvalue weighted by atomic mass is 10.2. The Balaban J connectivity index is 1.53. The van der Waals surface area contributed by atoms with Crippen molar-refractivity contribution in [3.05, 3.63) is 78.6 Å². The van der Waals surface area contributed by atoms with Crippen LogP contribution in [0, 0.1) is 5.82 Å². The lowest BCUT2D eigenvalue weighted by Crippen LogP contribution is -2.52. The SMILES string of the molecule is CCOc1ccc(S(=O)(=O)N(CC(=O)N2CCN(c3ccccc3OC)CC2)c2ccc(F)cc2)cc1. The normalized spacial score (nSPS) is 13.8. The van der Waals surface area contributed by atoms with Crippen molar-refractivity contribution in [2.24, 2.45) is 0 Å². The molecule has 0 unspecified atom stereocenters. The van der Waals surface area contributed by atoms with Gasteiger partial charge in [0, 0.05) is 26.2 Å². The fourth-order valence-electron chi connectivity index (χ4n) is 4.23. The fraction of sp³-hybridized carbons (Fsp3) is 0.296. The predicted molar refractivity (Wildman–Crippen MR) is 140 cm³/mol. The number of benzene rings is 3. The molecule has 0 aromatic heterocycles. The van der Waals surface area contributed by atoms with Crippen LogP contribution in [0.15, 0.2) is 77.7 Å². The molecule has 1 aliphatic rings. The van der Waals surface area contributed by atoms with E-state index in [2.05, 4.69) is 4.90 Å². The first-order chi connectivity index (χ1) is 17.8. The summed E-state index contributed by atoms with van der Waals surface area (Å²) in [5.41, 5.74) is 1.15. The van der Waals surface area contributed by atoms with Gasteiger partial charge in [-0.15, -0.1) is 0 Å². The van der Waals surface area contributed by atoms with E-state index in [1.807, 2.05) is 31.2 Å². The summed E-state index contributed by atoms with van der Waals surface area (Å²) in [5, 5.41) is 0. The van der Waals surface area contributed by atoms with Crippen LogP contribution in [-0.2, 0) is 14.8 Å². The highest BCUT2D eigenvalue weighted by molar-refractivity contribution is 7.92. The van der Waals surface area contributed by atoms with E-state index < -0.39 is 22.4 Å². The van der Waals surface area contributed by atoms with Crippen molar-refractivity contribution in [3.8, 4) is 11.5 Å². The van der Waals surface area contributed by atoms with Crippen molar-refractivity contribution in [2.75, 3.05) is 55.6 Å². The third kappa shape index (κ3) is 5.96. The van der Waals surface area contributed by atoms with Crippen molar-refractivity contribution in [1.82, 2.24) is 4.90 Å². The highest BCUT2D eigenvalue weighted by Gasteiger charge is 2.30. The lowest BCUT2D eigenvalue weighted by molar-refractivity contribution is -0.129. The van der Waals surface area contributed by atoms with Crippen molar-refractivity contribution in [2.45, 2.75) is 11.8 Å². The average molecular weight is 528 g/mol. The van der Waals surface area contributed by atoms with E-state index in [0.29, 0.717) is 38.5 Å². The summed E-state index contributed by atoms with van der Waals surface area (Å²) in [6.45, 7) is 3.89. The van der Waals surface area contributed by atoms with Crippen LogP contribution in [0.25, 0.3) is 0 Å². The first kappa shape index (κ1) is 26.3. The number of methoxy groups -OCH3 is 1. The zero-order valence-electron chi connectivity index (χ0n) is 20.8. The van der Waals surface area contributed by atoms with Gasteiger partial charge in [-0.1, -0.05) is 12.1 Å². The number of carbonyl (C=O) groups excluding carboxylic acids is 1. The Hall–Kier alpha value is -3.79. The van der Waals surface area contributed by atoms with E-state index in [4.69, 9.17) is 9.47 Å². The maximum atomic E-state index is 13.6. The molecule has 0 aliphatic carbocycles. The molecule has 0 spiro atoms. The molecule has 1 heterocycles. The van der Waals surface area contributed by atoms with Crippen molar-refractivity contribution in [1.29, 1.82) is 0 Å². The molecule has 4 rings (SSSR count). The molecule has 3 aromatic carbocycles. The van der Waals surface area contributed by atoms with Crippen LogP contribution < -0.4 is 18.7 Å². The van der Waals surface area contributed by atoms with Crippen LogP contribution in [0.5, 0.6) is 11.5 Å². The summed E-state index contributed by atoms with van der Waals surface area (Å²) in [4.78, 5) is 17.1. The van der Waals surface area contributed by atoms with E-state index in [9.17, 15) is 17.6 Å². The van der Waals surface area contributed by atoms with Crippen LogP contribution in [0.2, 0.25) is 0 Å². The molecular formula is C27H30FN3O5S. The number of para-hydroxylation sites is 2. The second-order valence-electron chi connectivity index (χ2n) is 8.43. The molecule has 0 bridgehead atoms. The van der Waals surface area contributed by atoms with Crippen LogP contribution in [0.1, 0.15) is 6.92 Å². The summed E-state index contributed by atoms with van der Waals surface area (Å²) in [6, 6.07) is 18.8. The summed E-state index contributed by atoms with van der Waals surface area (Å²) >= 11 is 0. The minimum atomic E-state index is -4.11. The van der Waals surface area contributed by atoms with Gasteiger partial charge in [0.15, 0.2) is 0 Å². The van der Waals surface area contributed by atoms with Gasteiger partial charge in [0.1, 0.15) is 23.9 Å². The summed E-state index contributed by atoms with van der Waals surface area (Å²) in [7, 11) is -2.50. The highest BCUT2D eigenvalue weighted by Crippen LogP contribution is 2.29. The standard InChI is InChI=1S/C27H30FN3O5S/c1-3-36-23-12-14-24(15-13-23)37(33,34)31(22-10-8-21(28)9-11-22)20-27(32)30-18-16-29(17-19-30)25-6-4-5-7-26(25)35-2/h4-15H,3,16-20H2,1-2H3. The molecule has 0 saturated carbocycles. The number of hydrogen-bond donors (Lipinski definition) is 0. The van der Waals surface area contributed by atoms with Crippen molar-refractivity contribution in [3.63, 3.8) is 0 Å². The number of carbonyl (C=O) groups is 1. The molecule has 1 fully saturated rings. The number of hydrogen-bond acceptors (Lipinski definition) is 6. The minimum Gasteiger partial charge on any atom is -0.495 e. The van der Waals surface area contributed by atoms with Gasteiger partial charge in [-0.05, 0) is 67.6 Å². The number of halogens is 1. The second-order valence-corrected chi connectivity index (χ2v) is 10.3. The fourth-order valence-corrected chi connectivity index (χ4v) is 5.65. The van der Waals surface area contributed by atoms with Gasteiger partial charge < -0.3 is 19.3 Å². The first-order valence-electron chi connectivity index (χ1n) is 12.0. The van der Waals surface area contributed by atoms with E-state index in [1.54, 1.807) is 24.1 Å². The van der Waals surface area contributed by atoms with Crippen LogP contribution in [0.4, 0.5) is 15.8 Å². The zero-order chi connectivity index (χ0) is 26.4. The molecule has 0 radical (unpaired) electrons. The van der Waals surface area contributed by atoms with E-state index >= 15 is 0 Å². The molecule has 10 heteroatoms. The Morgan fingerprint density at radius 1 is 0.946 bits per heavy atom. The van der Waals surface area contributed by atoms with Gasteiger partial charge in [0.2, 0.25) is 5.91 Å². The molecule has 1 saturated heterocycles. The van der Waals surface area contributed by atoms with Crippen molar-refractivity contribution < 1.29 is 27.1 Å². The number of sulfonamides is 1. The first-order valence-corrected chi connectivity index (χ1v) is 13.4. The largest absolute Gasteiger partial charge is 0.495 e. The van der Waals surface area contributed by atoms with E-state index in [0.717, 1.165) is 15.7 Å². The molecule has 196 valence electrons. The smallest absolute Gasteiger partial charge is 0.264 e. The van der Waals surface area contributed by atoms with Gasteiger partial charge in [-0.2, -0.15) is 0 Å². The predicted octanol–water partition coefficient (Wildman–Crippen LogP) is 3.78. The molecular weight excluding hydrogens is 497 g/mol. The summed E-state index contributed by atoms with van der Waals surface area (Å²) < 4.78 is 52.7.